The van der Waals surface area contributed by atoms with E-state index in [-0.39, 0.29) is 5.91 Å². The Balaban J connectivity index is 2.86. The Morgan fingerprint density at radius 1 is 1.28 bits per heavy atom. The van der Waals surface area contributed by atoms with Crippen LogP contribution in [-0.4, -0.2) is 57.0 Å². The Kier molecular flexibility index (Phi) is 4.97. The van der Waals surface area contributed by atoms with Crippen molar-refractivity contribution in [3.63, 3.8) is 0 Å². The zero-order valence-corrected chi connectivity index (χ0v) is 11.4. The quantitative estimate of drug-likeness (QED) is 0.790. The molecular formula is C13H21N3O2. The first-order chi connectivity index (χ1) is 8.47. The predicted octanol–water partition coefficient (Wildman–Crippen LogP) is 0.911. The summed E-state index contributed by atoms with van der Waals surface area (Å²) >= 11 is 0. The average molecular weight is 251 g/mol. The van der Waals surface area contributed by atoms with Gasteiger partial charge in [0.25, 0.3) is 5.91 Å². The molecule has 0 aliphatic carbocycles. The molecule has 0 spiro atoms. The van der Waals surface area contributed by atoms with Gasteiger partial charge in [0.15, 0.2) is 5.75 Å². The van der Waals surface area contributed by atoms with Gasteiger partial charge in [0.05, 0.1) is 18.4 Å². The topological polar surface area (TPSA) is 58.8 Å². The van der Waals surface area contributed by atoms with E-state index < -0.39 is 0 Å². The summed E-state index contributed by atoms with van der Waals surface area (Å²) in [7, 11) is 7.23. The number of rotatable bonds is 5. The number of hydrogen-bond acceptors (Lipinski definition) is 4. The number of amides is 1. The first-order valence-electron chi connectivity index (χ1n) is 5.80. The minimum Gasteiger partial charge on any atom is -0.494 e. The zero-order chi connectivity index (χ0) is 13.7. The molecule has 0 bridgehead atoms. The van der Waals surface area contributed by atoms with Gasteiger partial charge in [-0.05, 0) is 26.2 Å². The molecule has 0 aromatic heterocycles. The molecule has 1 aromatic carbocycles. The zero-order valence-electron chi connectivity index (χ0n) is 11.4. The van der Waals surface area contributed by atoms with E-state index in [9.17, 15) is 4.79 Å². The van der Waals surface area contributed by atoms with Gasteiger partial charge in [-0.3, -0.25) is 4.79 Å². The number of carbonyl (C=O) groups is 1. The maximum Gasteiger partial charge on any atom is 0.257 e. The van der Waals surface area contributed by atoms with Crippen LogP contribution in [0.25, 0.3) is 0 Å². The number of carbonyl (C=O) groups excluding carboxylic acids is 1. The van der Waals surface area contributed by atoms with Crippen LogP contribution < -0.4 is 10.5 Å². The highest BCUT2D eigenvalue weighted by Crippen LogP contribution is 2.26. The lowest BCUT2D eigenvalue weighted by Crippen LogP contribution is -2.33. The number of ether oxygens (including phenoxy) is 1. The summed E-state index contributed by atoms with van der Waals surface area (Å²) in [6.45, 7) is 1.47. The van der Waals surface area contributed by atoms with Crippen LogP contribution in [-0.2, 0) is 0 Å². The van der Waals surface area contributed by atoms with Crippen LogP contribution in [0, 0.1) is 0 Å². The van der Waals surface area contributed by atoms with Crippen molar-refractivity contribution in [2.45, 2.75) is 0 Å². The summed E-state index contributed by atoms with van der Waals surface area (Å²) in [5.41, 5.74) is 6.76. The van der Waals surface area contributed by atoms with Crippen LogP contribution in [0.5, 0.6) is 5.75 Å². The van der Waals surface area contributed by atoms with E-state index in [1.807, 2.05) is 19.0 Å². The Bertz CT molecular complexity index is 419. The van der Waals surface area contributed by atoms with Gasteiger partial charge in [-0.15, -0.1) is 0 Å². The molecule has 0 radical (unpaired) electrons. The smallest absolute Gasteiger partial charge is 0.257 e. The Morgan fingerprint density at radius 2 is 1.94 bits per heavy atom. The van der Waals surface area contributed by atoms with Crippen molar-refractivity contribution in [2.24, 2.45) is 0 Å². The van der Waals surface area contributed by atoms with E-state index in [1.54, 1.807) is 30.1 Å². The second-order valence-corrected chi connectivity index (χ2v) is 4.46. The third-order valence-electron chi connectivity index (χ3n) is 2.71. The van der Waals surface area contributed by atoms with Crippen molar-refractivity contribution in [1.29, 1.82) is 0 Å². The summed E-state index contributed by atoms with van der Waals surface area (Å²) in [4.78, 5) is 16.0. The number of nitrogens with zero attached hydrogens (tertiary/aromatic N) is 2. The van der Waals surface area contributed by atoms with Crippen molar-refractivity contribution < 1.29 is 9.53 Å². The van der Waals surface area contributed by atoms with Crippen LogP contribution in [0.15, 0.2) is 18.2 Å². The van der Waals surface area contributed by atoms with Crippen molar-refractivity contribution >= 4 is 11.6 Å². The van der Waals surface area contributed by atoms with Gasteiger partial charge >= 0.3 is 0 Å². The van der Waals surface area contributed by atoms with Gasteiger partial charge < -0.3 is 20.3 Å². The number of para-hydroxylation sites is 1. The summed E-state index contributed by atoms with van der Waals surface area (Å²) in [5, 5.41) is 0. The van der Waals surface area contributed by atoms with Crippen molar-refractivity contribution in [2.75, 3.05) is 47.1 Å². The van der Waals surface area contributed by atoms with E-state index >= 15 is 0 Å². The van der Waals surface area contributed by atoms with Crippen LogP contribution in [0.3, 0.4) is 0 Å². The SMILES string of the molecule is COc1c(N)cccc1C(=O)N(C)CCN(C)C. The first-order valence-corrected chi connectivity index (χ1v) is 5.80. The molecule has 0 fully saturated rings. The highest BCUT2D eigenvalue weighted by atomic mass is 16.5. The fourth-order valence-corrected chi connectivity index (χ4v) is 1.61. The summed E-state index contributed by atoms with van der Waals surface area (Å²) < 4.78 is 5.19. The Morgan fingerprint density at radius 3 is 2.50 bits per heavy atom. The Labute approximate surface area is 108 Å². The number of methoxy groups -OCH3 is 1. The minimum absolute atomic E-state index is 0.0824. The van der Waals surface area contributed by atoms with E-state index in [2.05, 4.69) is 0 Å². The van der Waals surface area contributed by atoms with Crippen molar-refractivity contribution in [3.05, 3.63) is 23.8 Å². The second-order valence-electron chi connectivity index (χ2n) is 4.46. The van der Waals surface area contributed by atoms with Crippen LogP contribution in [0.4, 0.5) is 5.69 Å². The third kappa shape index (κ3) is 3.37. The lowest BCUT2D eigenvalue weighted by atomic mass is 10.1. The normalized spacial score (nSPS) is 10.5. The number of anilines is 1. The maximum absolute atomic E-state index is 12.3. The van der Waals surface area contributed by atoms with E-state index in [4.69, 9.17) is 10.5 Å². The molecule has 0 aliphatic heterocycles. The average Bonchev–Trinajstić information content (AvgIpc) is 2.34. The largest absolute Gasteiger partial charge is 0.494 e. The van der Waals surface area contributed by atoms with Gasteiger partial charge in [0, 0.05) is 20.1 Å². The maximum atomic E-state index is 12.3. The molecule has 1 rings (SSSR count). The molecular weight excluding hydrogens is 230 g/mol. The van der Waals surface area contributed by atoms with Gasteiger partial charge in [0.1, 0.15) is 0 Å². The molecule has 1 aromatic rings. The highest BCUT2D eigenvalue weighted by molar-refractivity contribution is 5.98. The molecule has 2 N–H and O–H groups in total. The van der Waals surface area contributed by atoms with Gasteiger partial charge in [-0.2, -0.15) is 0 Å². The van der Waals surface area contributed by atoms with Crippen molar-refractivity contribution in [1.82, 2.24) is 9.80 Å². The van der Waals surface area contributed by atoms with E-state index in [0.29, 0.717) is 23.5 Å². The molecule has 0 saturated carbocycles. The molecule has 0 aliphatic rings. The molecule has 0 heterocycles. The number of nitrogens with two attached hydrogens (primary N) is 1. The first kappa shape index (κ1) is 14.3. The number of likely N-dealkylation sites (N-methyl/N-ethyl adjacent to an activating group) is 2. The fraction of sp³-hybridized carbons (Fsp3) is 0.462. The fourth-order valence-electron chi connectivity index (χ4n) is 1.61. The van der Waals surface area contributed by atoms with E-state index in [0.717, 1.165) is 6.54 Å². The molecule has 5 heteroatoms. The molecule has 5 nitrogen and oxygen atoms in total. The number of hydrogen-bond donors (Lipinski definition) is 1. The lowest BCUT2D eigenvalue weighted by Gasteiger charge is -2.21. The molecule has 1 amide bonds. The summed E-state index contributed by atoms with van der Waals surface area (Å²) in [5.74, 6) is 0.361. The van der Waals surface area contributed by atoms with Gasteiger partial charge in [0.2, 0.25) is 0 Å². The highest BCUT2D eigenvalue weighted by Gasteiger charge is 2.17. The number of benzene rings is 1. The molecule has 0 saturated heterocycles. The van der Waals surface area contributed by atoms with Crippen molar-refractivity contribution in [3.8, 4) is 5.75 Å². The van der Waals surface area contributed by atoms with Gasteiger partial charge in [-0.1, -0.05) is 6.07 Å². The van der Waals surface area contributed by atoms with Crippen LogP contribution >= 0.6 is 0 Å². The van der Waals surface area contributed by atoms with Crippen LogP contribution in [0.1, 0.15) is 10.4 Å². The Hall–Kier alpha value is -1.75. The number of nitrogen functional groups attached to an aromatic ring is 1. The molecule has 18 heavy (non-hydrogen) atoms. The summed E-state index contributed by atoms with van der Waals surface area (Å²) in [6, 6.07) is 5.20. The molecule has 100 valence electrons. The molecule has 0 unspecified atom stereocenters. The third-order valence-corrected chi connectivity index (χ3v) is 2.71. The minimum atomic E-state index is -0.0824. The predicted molar refractivity (Wildman–Crippen MR) is 72.9 cm³/mol. The second kappa shape index (κ2) is 6.26. The molecule has 0 atom stereocenters. The van der Waals surface area contributed by atoms with E-state index in [1.165, 1.54) is 7.11 Å². The summed E-state index contributed by atoms with van der Waals surface area (Å²) in [6.07, 6.45) is 0. The monoisotopic (exact) mass is 251 g/mol. The standard InChI is InChI=1S/C13H21N3O2/c1-15(2)8-9-16(3)13(17)10-6-5-7-11(14)12(10)18-4/h5-7H,8-9,14H2,1-4H3. The van der Waals surface area contributed by atoms with Crippen LogP contribution in [0.2, 0.25) is 0 Å². The van der Waals surface area contributed by atoms with Gasteiger partial charge in [-0.25, -0.2) is 0 Å². The lowest BCUT2D eigenvalue weighted by molar-refractivity contribution is 0.0783.